The molecule has 0 aromatic rings. The van der Waals surface area contributed by atoms with Gasteiger partial charge in [0.1, 0.15) is 0 Å². The van der Waals surface area contributed by atoms with Crippen LogP contribution in [0, 0.1) is 16.7 Å². The Morgan fingerprint density at radius 2 is 1.70 bits per heavy atom. The van der Waals surface area contributed by atoms with Gasteiger partial charge in [-0.2, -0.15) is 5.26 Å². The third kappa shape index (κ3) is 4.75. The van der Waals surface area contributed by atoms with Crippen LogP contribution >= 0.6 is 0 Å². The van der Waals surface area contributed by atoms with Gasteiger partial charge in [-0.1, -0.05) is 19.3 Å². The maximum atomic E-state index is 9.01. The largest absolute Gasteiger partial charge is 0.301 e. The molecular formula is C17H31N3. The van der Waals surface area contributed by atoms with Crippen LogP contribution < -0.4 is 0 Å². The molecule has 0 N–H and O–H groups in total. The van der Waals surface area contributed by atoms with E-state index in [1.54, 1.807) is 0 Å². The van der Waals surface area contributed by atoms with Crippen molar-refractivity contribution >= 4 is 0 Å². The lowest BCUT2D eigenvalue weighted by molar-refractivity contribution is 0.0964. The summed E-state index contributed by atoms with van der Waals surface area (Å²) < 4.78 is 0. The standard InChI is InChI=1S/C17H31N3/c1-17(2,15-18)9-5-6-10-19-11-13-20(14-12-19)16-7-3-4-8-16/h16H,3-14H2,1-2H3. The molecule has 0 radical (unpaired) electrons. The number of piperazine rings is 1. The highest BCUT2D eigenvalue weighted by molar-refractivity contribution is 4.91. The van der Waals surface area contributed by atoms with Crippen LogP contribution in [0.2, 0.25) is 0 Å². The van der Waals surface area contributed by atoms with Crippen LogP contribution in [0.4, 0.5) is 0 Å². The molecule has 0 aromatic heterocycles. The quantitative estimate of drug-likeness (QED) is 0.698. The Labute approximate surface area is 124 Å². The van der Waals surface area contributed by atoms with Crippen LogP contribution in [0.15, 0.2) is 0 Å². The Kier molecular flexibility index (Phi) is 5.86. The first-order valence-electron chi connectivity index (χ1n) is 8.48. The van der Waals surface area contributed by atoms with E-state index >= 15 is 0 Å². The third-order valence-corrected chi connectivity index (χ3v) is 5.08. The van der Waals surface area contributed by atoms with Gasteiger partial charge in [0.2, 0.25) is 0 Å². The Morgan fingerprint density at radius 3 is 2.30 bits per heavy atom. The van der Waals surface area contributed by atoms with E-state index in [4.69, 9.17) is 5.26 Å². The monoisotopic (exact) mass is 277 g/mol. The molecule has 0 atom stereocenters. The fourth-order valence-electron chi connectivity index (χ4n) is 3.58. The second kappa shape index (κ2) is 7.43. The molecule has 20 heavy (non-hydrogen) atoms. The first kappa shape index (κ1) is 15.8. The van der Waals surface area contributed by atoms with Gasteiger partial charge in [0.25, 0.3) is 0 Å². The van der Waals surface area contributed by atoms with Gasteiger partial charge < -0.3 is 4.90 Å². The zero-order valence-electron chi connectivity index (χ0n) is 13.4. The number of hydrogen-bond donors (Lipinski definition) is 0. The summed E-state index contributed by atoms with van der Waals surface area (Å²) in [6.45, 7) is 10.4. The molecule has 0 amide bonds. The van der Waals surface area contributed by atoms with Gasteiger partial charge in [0.05, 0.1) is 11.5 Å². The van der Waals surface area contributed by atoms with Crippen LogP contribution in [0.25, 0.3) is 0 Å². The number of unbranched alkanes of at least 4 members (excludes halogenated alkanes) is 1. The van der Waals surface area contributed by atoms with Crippen molar-refractivity contribution in [1.82, 2.24) is 9.80 Å². The zero-order chi connectivity index (χ0) is 14.4. The minimum atomic E-state index is -0.138. The predicted octanol–water partition coefficient (Wildman–Crippen LogP) is 3.27. The van der Waals surface area contributed by atoms with E-state index in [1.165, 1.54) is 71.2 Å². The van der Waals surface area contributed by atoms with Crippen molar-refractivity contribution in [3.8, 4) is 6.07 Å². The summed E-state index contributed by atoms with van der Waals surface area (Å²) in [5.74, 6) is 0. The topological polar surface area (TPSA) is 30.3 Å². The Hall–Kier alpha value is -0.590. The minimum Gasteiger partial charge on any atom is -0.301 e. The Morgan fingerprint density at radius 1 is 1.05 bits per heavy atom. The number of hydrogen-bond acceptors (Lipinski definition) is 3. The van der Waals surface area contributed by atoms with E-state index in [0.717, 1.165) is 12.5 Å². The van der Waals surface area contributed by atoms with Crippen LogP contribution in [-0.2, 0) is 0 Å². The predicted molar refractivity (Wildman–Crippen MR) is 83.5 cm³/mol. The van der Waals surface area contributed by atoms with E-state index in [-0.39, 0.29) is 5.41 Å². The molecule has 3 nitrogen and oxygen atoms in total. The van der Waals surface area contributed by atoms with E-state index in [2.05, 4.69) is 15.9 Å². The van der Waals surface area contributed by atoms with Crippen molar-refractivity contribution in [1.29, 1.82) is 5.26 Å². The highest BCUT2D eigenvalue weighted by atomic mass is 15.3. The van der Waals surface area contributed by atoms with E-state index < -0.39 is 0 Å². The summed E-state index contributed by atoms with van der Waals surface area (Å²) in [6, 6.07) is 3.29. The SMILES string of the molecule is CC(C)(C#N)CCCCN1CCN(C2CCCC2)CC1. The van der Waals surface area contributed by atoms with Gasteiger partial charge in [-0.25, -0.2) is 0 Å². The average Bonchev–Trinajstić information content (AvgIpc) is 2.98. The van der Waals surface area contributed by atoms with E-state index in [9.17, 15) is 0 Å². The third-order valence-electron chi connectivity index (χ3n) is 5.08. The zero-order valence-corrected chi connectivity index (χ0v) is 13.4. The molecule has 0 spiro atoms. The number of nitriles is 1. The fourth-order valence-corrected chi connectivity index (χ4v) is 3.58. The smallest absolute Gasteiger partial charge is 0.0683 e. The van der Waals surface area contributed by atoms with Gasteiger partial charge in [-0.15, -0.1) is 0 Å². The maximum absolute atomic E-state index is 9.01. The molecule has 0 aromatic carbocycles. The second-order valence-electron chi connectivity index (χ2n) is 7.27. The molecule has 1 aliphatic carbocycles. The highest BCUT2D eigenvalue weighted by Crippen LogP contribution is 2.25. The van der Waals surface area contributed by atoms with Crippen LogP contribution in [-0.4, -0.2) is 48.6 Å². The molecule has 1 saturated carbocycles. The molecule has 0 bridgehead atoms. The lowest BCUT2D eigenvalue weighted by Gasteiger charge is -2.38. The molecule has 114 valence electrons. The van der Waals surface area contributed by atoms with Crippen molar-refractivity contribution in [2.75, 3.05) is 32.7 Å². The minimum absolute atomic E-state index is 0.138. The van der Waals surface area contributed by atoms with Gasteiger partial charge in [-0.05, 0) is 46.1 Å². The molecule has 2 aliphatic rings. The molecule has 2 fully saturated rings. The summed E-state index contributed by atoms with van der Waals surface area (Å²) in [7, 11) is 0. The summed E-state index contributed by atoms with van der Waals surface area (Å²) in [5, 5.41) is 9.01. The molecule has 1 saturated heterocycles. The Bertz CT molecular complexity index is 318. The number of nitrogens with zero attached hydrogens (tertiary/aromatic N) is 3. The fraction of sp³-hybridized carbons (Fsp3) is 0.941. The van der Waals surface area contributed by atoms with E-state index in [1.807, 2.05) is 13.8 Å². The summed E-state index contributed by atoms with van der Waals surface area (Å²) in [6.07, 6.45) is 9.22. The first-order valence-corrected chi connectivity index (χ1v) is 8.48. The maximum Gasteiger partial charge on any atom is 0.0683 e. The van der Waals surface area contributed by atoms with Gasteiger partial charge in [-0.3, -0.25) is 4.90 Å². The normalized spacial score (nSPS) is 23.1. The Balaban J connectivity index is 1.57. The van der Waals surface area contributed by atoms with Crippen molar-refractivity contribution < 1.29 is 0 Å². The molecule has 0 unspecified atom stereocenters. The molecular weight excluding hydrogens is 246 g/mol. The molecule has 1 aliphatic heterocycles. The van der Waals surface area contributed by atoms with Crippen LogP contribution in [0.5, 0.6) is 0 Å². The van der Waals surface area contributed by atoms with Crippen LogP contribution in [0.3, 0.4) is 0 Å². The summed E-state index contributed by atoms with van der Waals surface area (Å²) >= 11 is 0. The lowest BCUT2D eigenvalue weighted by atomic mass is 9.89. The molecule has 1 heterocycles. The average molecular weight is 277 g/mol. The molecule has 2 rings (SSSR count). The first-order chi connectivity index (χ1) is 9.61. The van der Waals surface area contributed by atoms with Crippen molar-refractivity contribution in [2.24, 2.45) is 5.41 Å². The number of rotatable bonds is 6. The van der Waals surface area contributed by atoms with Gasteiger partial charge in [0, 0.05) is 32.2 Å². The highest BCUT2D eigenvalue weighted by Gasteiger charge is 2.25. The summed E-state index contributed by atoms with van der Waals surface area (Å²) in [5.41, 5.74) is -0.138. The molecule has 3 heteroatoms. The van der Waals surface area contributed by atoms with Gasteiger partial charge in [0.15, 0.2) is 0 Å². The van der Waals surface area contributed by atoms with E-state index in [0.29, 0.717) is 0 Å². The second-order valence-corrected chi connectivity index (χ2v) is 7.27. The van der Waals surface area contributed by atoms with Crippen molar-refractivity contribution in [3.63, 3.8) is 0 Å². The van der Waals surface area contributed by atoms with Crippen molar-refractivity contribution in [3.05, 3.63) is 0 Å². The lowest BCUT2D eigenvalue weighted by Crippen LogP contribution is -2.49. The summed E-state index contributed by atoms with van der Waals surface area (Å²) in [4.78, 5) is 5.34. The van der Waals surface area contributed by atoms with Gasteiger partial charge >= 0.3 is 0 Å². The van der Waals surface area contributed by atoms with Crippen LogP contribution in [0.1, 0.15) is 58.8 Å². The van der Waals surface area contributed by atoms with Crippen molar-refractivity contribution in [2.45, 2.75) is 64.8 Å².